The minimum atomic E-state index is -0.678. The van der Waals surface area contributed by atoms with Crippen molar-refractivity contribution < 1.29 is 20.1 Å². The molecule has 2 fully saturated rings. The molecular formula is C29H44O4. The number of carboxylic acids is 1. The molecule has 6 atom stereocenters. The molecule has 0 unspecified atom stereocenters. The number of benzene rings is 1. The maximum atomic E-state index is 10.8. The summed E-state index contributed by atoms with van der Waals surface area (Å²) in [6.07, 6.45) is 16.2. The molecule has 0 radical (unpaired) electrons. The minimum absolute atomic E-state index is 0.0917. The highest BCUT2D eigenvalue weighted by Crippen LogP contribution is 2.62. The van der Waals surface area contributed by atoms with Gasteiger partial charge in [-0.05, 0) is 97.3 Å². The molecular weight excluding hydrogens is 412 g/mol. The van der Waals surface area contributed by atoms with E-state index in [0.717, 1.165) is 38.5 Å². The number of carboxylic acid groups (broad SMARTS) is 1. The van der Waals surface area contributed by atoms with Gasteiger partial charge in [0.1, 0.15) is 5.75 Å². The van der Waals surface area contributed by atoms with Gasteiger partial charge in [0.25, 0.3) is 0 Å². The van der Waals surface area contributed by atoms with E-state index < -0.39 is 5.97 Å². The van der Waals surface area contributed by atoms with Gasteiger partial charge in [0.05, 0.1) is 6.10 Å². The van der Waals surface area contributed by atoms with Gasteiger partial charge >= 0.3 is 5.97 Å². The van der Waals surface area contributed by atoms with E-state index in [2.05, 4.69) is 13.0 Å². The van der Waals surface area contributed by atoms with Gasteiger partial charge in [0, 0.05) is 6.42 Å². The van der Waals surface area contributed by atoms with Gasteiger partial charge in [-0.15, -0.1) is 0 Å². The quantitative estimate of drug-likeness (QED) is 0.319. The Hall–Kier alpha value is -1.55. The monoisotopic (exact) mass is 456 g/mol. The lowest BCUT2D eigenvalue weighted by molar-refractivity contribution is -0.137. The van der Waals surface area contributed by atoms with Crippen LogP contribution in [0.3, 0.4) is 0 Å². The molecule has 4 nitrogen and oxygen atoms in total. The van der Waals surface area contributed by atoms with Crippen LogP contribution in [-0.4, -0.2) is 27.4 Å². The summed E-state index contributed by atoms with van der Waals surface area (Å²) in [5.41, 5.74) is 2.93. The molecule has 1 aromatic rings. The number of phenols is 1. The zero-order chi connectivity index (χ0) is 23.4. The molecule has 0 amide bonds. The third-order valence-electron chi connectivity index (χ3n) is 9.55. The number of aromatic hydroxyl groups is 1. The van der Waals surface area contributed by atoms with Crippen LogP contribution in [0.1, 0.15) is 114 Å². The van der Waals surface area contributed by atoms with E-state index in [1.807, 2.05) is 12.1 Å². The molecule has 33 heavy (non-hydrogen) atoms. The number of unbranched alkanes of at least 4 members (excludes halogenated alkanes) is 7. The number of hydrogen-bond donors (Lipinski definition) is 3. The molecule has 0 saturated heterocycles. The van der Waals surface area contributed by atoms with Crippen molar-refractivity contribution in [2.24, 2.45) is 23.2 Å². The summed E-state index contributed by atoms with van der Waals surface area (Å²) in [6, 6.07) is 6.07. The van der Waals surface area contributed by atoms with E-state index in [4.69, 9.17) is 5.11 Å². The van der Waals surface area contributed by atoms with E-state index >= 15 is 0 Å². The molecule has 0 aromatic heterocycles. The number of phenolic OH excluding ortho intramolecular Hbond substituents is 1. The summed E-state index contributed by atoms with van der Waals surface area (Å²) < 4.78 is 0. The molecule has 3 aliphatic carbocycles. The second kappa shape index (κ2) is 10.8. The second-order valence-electron chi connectivity index (χ2n) is 11.5. The van der Waals surface area contributed by atoms with Crippen molar-refractivity contribution in [1.29, 1.82) is 0 Å². The zero-order valence-electron chi connectivity index (χ0n) is 20.5. The van der Waals surface area contributed by atoms with Gasteiger partial charge in [-0.2, -0.15) is 0 Å². The van der Waals surface area contributed by atoms with E-state index in [-0.39, 0.29) is 11.5 Å². The highest BCUT2D eigenvalue weighted by Gasteiger charge is 2.56. The van der Waals surface area contributed by atoms with Crippen molar-refractivity contribution in [2.45, 2.75) is 115 Å². The average Bonchev–Trinajstić information content (AvgIpc) is 3.08. The van der Waals surface area contributed by atoms with Crippen LogP contribution < -0.4 is 0 Å². The lowest BCUT2D eigenvalue weighted by Crippen LogP contribution is -2.47. The molecule has 0 heterocycles. The molecule has 4 rings (SSSR count). The van der Waals surface area contributed by atoms with Crippen molar-refractivity contribution in [2.75, 3.05) is 0 Å². The first-order chi connectivity index (χ1) is 15.9. The van der Waals surface area contributed by atoms with Gasteiger partial charge in [0.2, 0.25) is 0 Å². The molecule has 0 aliphatic heterocycles. The van der Waals surface area contributed by atoms with Crippen molar-refractivity contribution in [3.63, 3.8) is 0 Å². The van der Waals surface area contributed by atoms with Crippen LogP contribution in [0.15, 0.2) is 18.2 Å². The van der Waals surface area contributed by atoms with Gasteiger partial charge in [-0.3, -0.25) is 4.79 Å². The number of hydrogen-bond acceptors (Lipinski definition) is 3. The Morgan fingerprint density at radius 1 is 1.00 bits per heavy atom. The smallest absolute Gasteiger partial charge is 0.303 e. The summed E-state index contributed by atoms with van der Waals surface area (Å²) in [6.45, 7) is 2.35. The molecule has 184 valence electrons. The maximum Gasteiger partial charge on any atom is 0.303 e. The molecule has 3 N–H and O–H groups in total. The summed E-state index contributed by atoms with van der Waals surface area (Å²) in [5, 5.41) is 29.6. The first-order valence-electron chi connectivity index (χ1n) is 13.6. The van der Waals surface area contributed by atoms with Gasteiger partial charge in [0.15, 0.2) is 0 Å². The topological polar surface area (TPSA) is 77.8 Å². The van der Waals surface area contributed by atoms with Crippen LogP contribution in [0.25, 0.3) is 0 Å². The van der Waals surface area contributed by atoms with Crippen LogP contribution >= 0.6 is 0 Å². The van der Waals surface area contributed by atoms with Gasteiger partial charge in [-0.25, -0.2) is 0 Å². The third kappa shape index (κ3) is 5.42. The Balaban J connectivity index is 1.31. The lowest BCUT2D eigenvalue weighted by Gasteiger charge is -2.53. The van der Waals surface area contributed by atoms with Crippen LogP contribution in [0.5, 0.6) is 5.75 Å². The molecule has 1 aromatic carbocycles. The number of rotatable bonds is 11. The molecule has 3 aliphatic rings. The first kappa shape index (κ1) is 24.6. The van der Waals surface area contributed by atoms with Crippen molar-refractivity contribution in [3.05, 3.63) is 29.3 Å². The summed E-state index contributed by atoms with van der Waals surface area (Å²) >= 11 is 0. The number of aliphatic carboxylic acids is 1. The Labute approximate surface area is 199 Å². The Morgan fingerprint density at radius 2 is 1.70 bits per heavy atom. The third-order valence-corrected chi connectivity index (χ3v) is 9.55. The van der Waals surface area contributed by atoms with Crippen molar-refractivity contribution in [3.8, 4) is 5.75 Å². The van der Waals surface area contributed by atoms with Gasteiger partial charge < -0.3 is 15.3 Å². The highest BCUT2D eigenvalue weighted by atomic mass is 16.4. The number of fused-ring (bicyclic) bond motifs is 5. The molecule has 0 bridgehead atoms. The van der Waals surface area contributed by atoms with E-state index in [1.165, 1.54) is 62.5 Å². The second-order valence-corrected chi connectivity index (χ2v) is 11.5. The summed E-state index contributed by atoms with van der Waals surface area (Å²) in [7, 11) is 0. The summed E-state index contributed by atoms with van der Waals surface area (Å²) in [4.78, 5) is 10.6. The Kier molecular flexibility index (Phi) is 8.04. The zero-order valence-corrected chi connectivity index (χ0v) is 20.5. The van der Waals surface area contributed by atoms with Gasteiger partial charge in [-0.1, -0.05) is 57.9 Å². The Morgan fingerprint density at radius 3 is 2.42 bits per heavy atom. The predicted molar refractivity (Wildman–Crippen MR) is 131 cm³/mol. The first-order valence-corrected chi connectivity index (χ1v) is 13.6. The highest BCUT2D eigenvalue weighted by molar-refractivity contribution is 5.66. The summed E-state index contributed by atoms with van der Waals surface area (Å²) in [5.74, 6) is 2.27. The fourth-order valence-corrected chi connectivity index (χ4v) is 7.77. The minimum Gasteiger partial charge on any atom is -0.508 e. The lowest BCUT2D eigenvalue weighted by atomic mass is 9.52. The Bertz CT molecular complexity index is 805. The fraction of sp³-hybridized carbons (Fsp3) is 0.759. The fourth-order valence-electron chi connectivity index (χ4n) is 7.77. The molecule has 2 saturated carbocycles. The number of aliphatic hydroxyl groups excluding tert-OH is 1. The molecule has 0 spiro atoms. The average molecular weight is 457 g/mol. The normalized spacial score (nSPS) is 32.7. The molecule has 4 heteroatoms. The van der Waals surface area contributed by atoms with Crippen LogP contribution in [0, 0.1) is 23.2 Å². The van der Waals surface area contributed by atoms with Crippen LogP contribution in [-0.2, 0) is 11.2 Å². The van der Waals surface area contributed by atoms with Crippen LogP contribution in [0.2, 0.25) is 0 Å². The SMILES string of the molecule is C[C@]12CC[C@@H]3c4ccc(O)cc4C[C@@H](CCCCCCCCCCC(=O)O)[C@H]3[C@@H]1CC[C@@H]2O. The standard InChI is InChI=1S/C29H44O4/c1-29-17-16-24-23-13-12-22(30)19-21(23)18-20(28(24)25(29)14-15-26(29)31)10-8-6-4-2-3-5-7-9-11-27(32)33/h12-13,19-20,24-26,28,30-31H,2-11,14-18H2,1H3,(H,32,33)/t20-,24-,25+,26+,28-,29+/m1/s1. The van der Waals surface area contributed by atoms with Crippen LogP contribution in [0.4, 0.5) is 0 Å². The number of carbonyl (C=O) groups is 1. The van der Waals surface area contributed by atoms with E-state index in [0.29, 0.717) is 35.8 Å². The van der Waals surface area contributed by atoms with E-state index in [9.17, 15) is 15.0 Å². The maximum absolute atomic E-state index is 10.8. The van der Waals surface area contributed by atoms with E-state index in [1.54, 1.807) is 0 Å². The number of aliphatic hydroxyl groups is 1. The largest absolute Gasteiger partial charge is 0.508 e. The predicted octanol–water partition coefficient (Wildman–Crippen LogP) is 6.82. The van der Waals surface area contributed by atoms with Crippen molar-refractivity contribution in [1.82, 2.24) is 0 Å². The van der Waals surface area contributed by atoms with Crippen molar-refractivity contribution >= 4 is 5.97 Å².